The van der Waals surface area contributed by atoms with Crippen LogP contribution in [-0.4, -0.2) is 40.7 Å². The first kappa shape index (κ1) is 20.2. The fourth-order valence-corrected chi connectivity index (χ4v) is 5.24. The van der Waals surface area contributed by atoms with E-state index >= 15 is 0 Å². The number of esters is 1. The highest BCUT2D eigenvalue weighted by Gasteiger charge is 2.38. The molecule has 0 N–H and O–H groups in total. The molecule has 0 radical (unpaired) electrons. The van der Waals surface area contributed by atoms with Crippen molar-refractivity contribution in [1.29, 1.82) is 0 Å². The number of aromatic nitrogens is 2. The lowest BCUT2D eigenvalue weighted by Crippen LogP contribution is -2.48. The largest absolute Gasteiger partial charge is 0.458 e. The van der Waals surface area contributed by atoms with Gasteiger partial charge in [-0.1, -0.05) is 24.3 Å². The van der Waals surface area contributed by atoms with Crippen LogP contribution in [0.1, 0.15) is 25.0 Å². The van der Waals surface area contributed by atoms with Crippen LogP contribution in [0, 0.1) is 0 Å². The minimum atomic E-state index is -3.81. The number of benzene rings is 1. The lowest BCUT2D eigenvalue weighted by molar-refractivity contribution is -0.150. The van der Waals surface area contributed by atoms with Crippen molar-refractivity contribution >= 4 is 21.6 Å². The zero-order valence-electron chi connectivity index (χ0n) is 16.2. The summed E-state index contributed by atoms with van der Waals surface area (Å²) in [5, 5.41) is 0. The highest BCUT2D eigenvalue weighted by Crippen LogP contribution is 2.26. The second-order valence-corrected chi connectivity index (χ2v) is 8.95. The highest BCUT2D eigenvalue weighted by molar-refractivity contribution is 7.89. The molecule has 0 amide bonds. The second kappa shape index (κ2) is 8.37. The molecule has 2 aromatic heterocycles. The summed E-state index contributed by atoms with van der Waals surface area (Å²) < 4.78 is 34.0. The van der Waals surface area contributed by atoms with E-state index in [4.69, 9.17) is 4.74 Å². The van der Waals surface area contributed by atoms with Crippen LogP contribution in [0.3, 0.4) is 0 Å². The normalized spacial score (nSPS) is 17.7. The third kappa shape index (κ3) is 3.99. The molecule has 0 aliphatic carbocycles. The van der Waals surface area contributed by atoms with Gasteiger partial charge in [-0.25, -0.2) is 13.4 Å². The van der Waals surface area contributed by atoms with Gasteiger partial charge >= 0.3 is 5.97 Å². The molecule has 8 nitrogen and oxygen atoms in total. The summed E-state index contributed by atoms with van der Waals surface area (Å²) in [6.45, 7) is 0.0573. The highest BCUT2D eigenvalue weighted by atomic mass is 32.2. The molecule has 1 aliphatic heterocycles. The molecule has 30 heavy (non-hydrogen) atoms. The van der Waals surface area contributed by atoms with Crippen molar-refractivity contribution in [2.24, 2.45) is 0 Å². The molecular weight excluding hydrogens is 406 g/mol. The summed E-state index contributed by atoms with van der Waals surface area (Å²) >= 11 is 0. The number of fused-ring (bicyclic) bond motifs is 1. The van der Waals surface area contributed by atoms with Crippen LogP contribution in [0.15, 0.2) is 70.5 Å². The molecule has 156 valence electrons. The summed E-state index contributed by atoms with van der Waals surface area (Å²) in [7, 11) is -3.81. The van der Waals surface area contributed by atoms with Crippen molar-refractivity contribution in [3.63, 3.8) is 0 Å². The van der Waals surface area contributed by atoms with E-state index in [2.05, 4.69) is 4.98 Å². The Morgan fingerprint density at radius 1 is 1.10 bits per heavy atom. The van der Waals surface area contributed by atoms with Gasteiger partial charge in [0.05, 0.1) is 10.6 Å². The molecule has 0 bridgehead atoms. The molecular formula is C21H21N3O5S. The maximum absolute atomic E-state index is 13.0. The SMILES string of the molecule is O=C(OCc1cc(=O)n2ccccc2n1)[C@H]1CCCCN1S(=O)(=O)c1ccccc1. The third-order valence-electron chi connectivity index (χ3n) is 5.06. The summed E-state index contributed by atoms with van der Waals surface area (Å²) in [4.78, 5) is 29.4. The standard InChI is InChI=1S/C21H21N3O5S/c25-20-14-16(22-19-11-5-6-12-23(19)20)15-29-21(26)18-10-4-7-13-24(18)30(27,28)17-8-2-1-3-9-17/h1-3,5-6,8-9,11-12,14,18H,4,7,10,13,15H2/t18-/m1/s1. The topological polar surface area (TPSA) is 98.1 Å². The van der Waals surface area contributed by atoms with E-state index in [9.17, 15) is 18.0 Å². The molecule has 1 atom stereocenters. The first-order valence-electron chi connectivity index (χ1n) is 9.68. The Morgan fingerprint density at radius 2 is 1.87 bits per heavy atom. The van der Waals surface area contributed by atoms with E-state index in [0.717, 1.165) is 6.42 Å². The molecule has 1 aromatic carbocycles. The first-order valence-corrected chi connectivity index (χ1v) is 11.1. The van der Waals surface area contributed by atoms with Crippen LogP contribution in [0.4, 0.5) is 0 Å². The van der Waals surface area contributed by atoms with Crippen molar-refractivity contribution < 1.29 is 17.9 Å². The van der Waals surface area contributed by atoms with Crippen LogP contribution < -0.4 is 5.56 Å². The van der Waals surface area contributed by atoms with E-state index in [0.29, 0.717) is 24.2 Å². The van der Waals surface area contributed by atoms with Gasteiger partial charge in [0, 0.05) is 18.8 Å². The minimum Gasteiger partial charge on any atom is -0.458 e. The van der Waals surface area contributed by atoms with E-state index < -0.39 is 22.0 Å². The maximum atomic E-state index is 13.0. The molecule has 1 saturated heterocycles. The van der Waals surface area contributed by atoms with Crippen molar-refractivity contribution in [2.45, 2.75) is 36.8 Å². The number of carbonyl (C=O) groups is 1. The molecule has 0 spiro atoms. The number of rotatable bonds is 5. The molecule has 1 fully saturated rings. The first-order chi connectivity index (χ1) is 14.5. The Kier molecular flexibility index (Phi) is 5.65. The number of pyridine rings is 1. The van der Waals surface area contributed by atoms with E-state index in [1.54, 1.807) is 42.6 Å². The van der Waals surface area contributed by atoms with Gasteiger partial charge in [0.15, 0.2) is 0 Å². The lowest BCUT2D eigenvalue weighted by Gasteiger charge is -2.33. The van der Waals surface area contributed by atoms with Crippen molar-refractivity contribution in [3.8, 4) is 0 Å². The van der Waals surface area contributed by atoms with E-state index in [-0.39, 0.29) is 23.6 Å². The second-order valence-electron chi connectivity index (χ2n) is 7.06. The number of ether oxygens (including phenoxy) is 1. The number of sulfonamides is 1. The van der Waals surface area contributed by atoms with Gasteiger partial charge in [-0.15, -0.1) is 0 Å². The van der Waals surface area contributed by atoms with Crippen LogP contribution in [-0.2, 0) is 26.2 Å². The van der Waals surface area contributed by atoms with Crippen LogP contribution >= 0.6 is 0 Å². The molecule has 9 heteroatoms. The molecule has 0 saturated carbocycles. The summed E-state index contributed by atoms with van der Waals surface area (Å²) in [6.07, 6.45) is 3.41. The Labute approximate surface area is 173 Å². The molecule has 4 rings (SSSR count). The summed E-state index contributed by atoms with van der Waals surface area (Å²) in [6, 6.07) is 13.6. The van der Waals surface area contributed by atoms with Gasteiger partial charge in [-0.05, 0) is 43.5 Å². The van der Waals surface area contributed by atoms with Crippen LogP contribution in [0.25, 0.3) is 5.65 Å². The Hall–Kier alpha value is -3.04. The van der Waals surface area contributed by atoms with Crippen LogP contribution in [0.2, 0.25) is 0 Å². The zero-order chi connectivity index (χ0) is 21.1. The van der Waals surface area contributed by atoms with Gasteiger partial charge in [0.1, 0.15) is 18.3 Å². The van der Waals surface area contributed by atoms with E-state index in [1.165, 1.54) is 26.9 Å². The van der Waals surface area contributed by atoms with Crippen molar-refractivity contribution in [3.05, 3.63) is 76.8 Å². The number of piperidine rings is 1. The fourth-order valence-electron chi connectivity index (χ4n) is 3.57. The van der Waals surface area contributed by atoms with Gasteiger partial charge in [-0.2, -0.15) is 4.31 Å². The molecule has 3 aromatic rings. The summed E-state index contributed by atoms with van der Waals surface area (Å²) in [5.41, 5.74) is 0.479. The average Bonchev–Trinajstić information content (AvgIpc) is 2.78. The van der Waals surface area contributed by atoms with Crippen molar-refractivity contribution in [1.82, 2.24) is 13.7 Å². The number of carbonyl (C=O) groups excluding carboxylic acids is 1. The maximum Gasteiger partial charge on any atom is 0.324 e. The molecule has 0 unspecified atom stereocenters. The quantitative estimate of drug-likeness (QED) is 0.578. The smallest absolute Gasteiger partial charge is 0.324 e. The predicted molar refractivity (Wildman–Crippen MR) is 109 cm³/mol. The molecule has 3 heterocycles. The Balaban J connectivity index is 1.52. The Bertz CT molecular complexity index is 1220. The average molecular weight is 427 g/mol. The monoisotopic (exact) mass is 427 g/mol. The fraction of sp³-hybridized carbons (Fsp3) is 0.286. The van der Waals surface area contributed by atoms with Gasteiger partial charge < -0.3 is 4.74 Å². The third-order valence-corrected chi connectivity index (χ3v) is 6.98. The van der Waals surface area contributed by atoms with E-state index in [1.807, 2.05) is 0 Å². The Morgan fingerprint density at radius 3 is 2.67 bits per heavy atom. The number of nitrogens with zero attached hydrogens (tertiary/aromatic N) is 3. The van der Waals surface area contributed by atoms with Gasteiger partial charge in [0.25, 0.3) is 5.56 Å². The van der Waals surface area contributed by atoms with Crippen LogP contribution in [0.5, 0.6) is 0 Å². The number of hydrogen-bond donors (Lipinski definition) is 0. The van der Waals surface area contributed by atoms with Gasteiger partial charge in [-0.3, -0.25) is 14.0 Å². The number of hydrogen-bond acceptors (Lipinski definition) is 6. The molecule has 1 aliphatic rings. The van der Waals surface area contributed by atoms with Crippen molar-refractivity contribution in [2.75, 3.05) is 6.54 Å². The zero-order valence-corrected chi connectivity index (χ0v) is 17.0. The summed E-state index contributed by atoms with van der Waals surface area (Å²) in [5.74, 6) is -0.635. The predicted octanol–water partition coefficient (Wildman–Crippen LogP) is 1.98. The minimum absolute atomic E-state index is 0.147. The lowest BCUT2D eigenvalue weighted by atomic mass is 10.1. The van der Waals surface area contributed by atoms with Gasteiger partial charge in [0.2, 0.25) is 10.0 Å².